The predicted octanol–water partition coefficient (Wildman–Crippen LogP) is 0.191. The molecule has 1 fully saturated rings. The number of carbonyl (C=O) groups excluding carboxylic acids is 1. The molecule has 15 heavy (non-hydrogen) atoms. The van der Waals surface area contributed by atoms with E-state index in [2.05, 4.69) is 0 Å². The molecule has 0 saturated heterocycles. The first-order valence-corrected chi connectivity index (χ1v) is 5.25. The topological polar surface area (TPSA) is 83.6 Å². The van der Waals surface area contributed by atoms with Gasteiger partial charge in [-0.25, -0.2) is 0 Å². The molecule has 0 aromatic rings. The second-order valence-corrected chi connectivity index (χ2v) is 4.19. The largest absolute Gasteiger partial charge is 0.480 e. The zero-order valence-electron chi connectivity index (χ0n) is 9.03. The summed E-state index contributed by atoms with van der Waals surface area (Å²) in [6.07, 6.45) is 3.07. The summed E-state index contributed by atoms with van der Waals surface area (Å²) in [6, 6.07) is 0. The van der Waals surface area contributed by atoms with Gasteiger partial charge in [0, 0.05) is 18.5 Å². The molecule has 0 aliphatic heterocycles. The van der Waals surface area contributed by atoms with Gasteiger partial charge in [-0.05, 0) is 26.2 Å². The minimum atomic E-state index is -0.982. The molecule has 0 spiro atoms. The SMILES string of the molecule is CCN(CC(=O)O)C(=O)CC1(N)CCC1. The number of hydrogen-bond acceptors (Lipinski definition) is 3. The number of aliphatic carboxylic acids is 1. The Kier molecular flexibility index (Phi) is 3.68. The van der Waals surface area contributed by atoms with Crippen LogP contribution in [-0.2, 0) is 9.59 Å². The Bertz CT molecular complexity index is 261. The van der Waals surface area contributed by atoms with Crippen LogP contribution in [0.1, 0.15) is 32.6 Å². The molecule has 1 rings (SSSR count). The van der Waals surface area contributed by atoms with Crippen molar-refractivity contribution in [1.82, 2.24) is 4.90 Å². The van der Waals surface area contributed by atoms with E-state index in [4.69, 9.17) is 10.8 Å². The normalized spacial score (nSPS) is 18.0. The Balaban J connectivity index is 2.45. The van der Waals surface area contributed by atoms with Crippen molar-refractivity contribution in [2.45, 2.75) is 38.1 Å². The fourth-order valence-electron chi connectivity index (χ4n) is 1.76. The molecule has 0 radical (unpaired) electrons. The van der Waals surface area contributed by atoms with Crippen molar-refractivity contribution >= 4 is 11.9 Å². The highest BCUT2D eigenvalue weighted by molar-refractivity contribution is 5.82. The van der Waals surface area contributed by atoms with Gasteiger partial charge in [-0.1, -0.05) is 0 Å². The van der Waals surface area contributed by atoms with Gasteiger partial charge < -0.3 is 15.7 Å². The molecular weight excluding hydrogens is 196 g/mol. The second kappa shape index (κ2) is 4.61. The summed E-state index contributed by atoms with van der Waals surface area (Å²) in [5.74, 6) is -1.13. The van der Waals surface area contributed by atoms with Gasteiger partial charge in [-0.3, -0.25) is 9.59 Å². The molecule has 0 aromatic heterocycles. The number of likely N-dealkylation sites (N-methyl/N-ethyl adjacent to an activating group) is 1. The number of carboxylic acid groups (broad SMARTS) is 1. The number of amides is 1. The average molecular weight is 214 g/mol. The van der Waals surface area contributed by atoms with Gasteiger partial charge in [0.1, 0.15) is 6.54 Å². The maximum Gasteiger partial charge on any atom is 0.323 e. The van der Waals surface area contributed by atoms with Crippen LogP contribution in [0.4, 0.5) is 0 Å². The fraction of sp³-hybridized carbons (Fsp3) is 0.800. The molecule has 5 heteroatoms. The zero-order valence-corrected chi connectivity index (χ0v) is 9.03. The van der Waals surface area contributed by atoms with E-state index < -0.39 is 5.97 Å². The van der Waals surface area contributed by atoms with Gasteiger partial charge in [0.05, 0.1) is 0 Å². The van der Waals surface area contributed by atoms with Crippen molar-refractivity contribution in [3.8, 4) is 0 Å². The lowest BCUT2D eigenvalue weighted by molar-refractivity contribution is -0.145. The highest BCUT2D eigenvalue weighted by Crippen LogP contribution is 2.32. The lowest BCUT2D eigenvalue weighted by Crippen LogP contribution is -2.51. The molecule has 86 valence electrons. The Morgan fingerprint density at radius 3 is 2.40 bits per heavy atom. The summed E-state index contributed by atoms with van der Waals surface area (Å²) in [5, 5.41) is 8.61. The van der Waals surface area contributed by atoms with Gasteiger partial charge >= 0.3 is 5.97 Å². The highest BCUT2D eigenvalue weighted by Gasteiger charge is 2.35. The minimum Gasteiger partial charge on any atom is -0.480 e. The predicted molar refractivity (Wildman–Crippen MR) is 55.3 cm³/mol. The van der Waals surface area contributed by atoms with Crippen LogP contribution in [0.2, 0.25) is 0 Å². The summed E-state index contributed by atoms with van der Waals surface area (Å²) < 4.78 is 0. The molecule has 1 aliphatic rings. The first-order valence-electron chi connectivity index (χ1n) is 5.25. The molecular formula is C10H18N2O3. The zero-order chi connectivity index (χ0) is 11.5. The monoisotopic (exact) mass is 214 g/mol. The number of nitrogens with two attached hydrogens (primary N) is 1. The van der Waals surface area contributed by atoms with Crippen molar-refractivity contribution in [2.24, 2.45) is 5.73 Å². The number of hydrogen-bond donors (Lipinski definition) is 2. The van der Waals surface area contributed by atoms with Crippen LogP contribution >= 0.6 is 0 Å². The average Bonchev–Trinajstić information content (AvgIpc) is 2.11. The van der Waals surface area contributed by atoms with Gasteiger partial charge in [0.2, 0.25) is 5.91 Å². The maximum absolute atomic E-state index is 11.7. The van der Waals surface area contributed by atoms with E-state index in [0.717, 1.165) is 19.3 Å². The minimum absolute atomic E-state index is 0.151. The third-order valence-electron chi connectivity index (χ3n) is 2.91. The van der Waals surface area contributed by atoms with Crippen LogP contribution in [0.3, 0.4) is 0 Å². The maximum atomic E-state index is 11.7. The smallest absolute Gasteiger partial charge is 0.323 e. The van der Waals surface area contributed by atoms with E-state index in [1.54, 1.807) is 6.92 Å². The summed E-state index contributed by atoms with van der Waals surface area (Å²) in [5.41, 5.74) is 5.56. The lowest BCUT2D eigenvalue weighted by Gasteiger charge is -2.38. The van der Waals surface area contributed by atoms with Gasteiger partial charge in [-0.2, -0.15) is 0 Å². The molecule has 0 atom stereocenters. The number of nitrogens with zero attached hydrogens (tertiary/aromatic N) is 1. The Morgan fingerprint density at radius 2 is 2.07 bits per heavy atom. The van der Waals surface area contributed by atoms with E-state index >= 15 is 0 Å². The molecule has 1 aliphatic carbocycles. The number of carbonyl (C=O) groups is 2. The molecule has 0 aromatic carbocycles. The highest BCUT2D eigenvalue weighted by atomic mass is 16.4. The third-order valence-corrected chi connectivity index (χ3v) is 2.91. The van der Waals surface area contributed by atoms with E-state index in [0.29, 0.717) is 6.54 Å². The van der Waals surface area contributed by atoms with Crippen LogP contribution in [0, 0.1) is 0 Å². The van der Waals surface area contributed by atoms with Gasteiger partial charge in [0.25, 0.3) is 0 Å². The van der Waals surface area contributed by atoms with Crippen LogP contribution < -0.4 is 5.73 Å². The first kappa shape index (κ1) is 12.0. The van der Waals surface area contributed by atoms with Crippen LogP contribution in [-0.4, -0.2) is 40.5 Å². The summed E-state index contributed by atoms with van der Waals surface area (Å²) >= 11 is 0. The molecule has 1 saturated carbocycles. The van der Waals surface area contributed by atoms with Crippen molar-refractivity contribution in [1.29, 1.82) is 0 Å². The summed E-state index contributed by atoms with van der Waals surface area (Å²) in [4.78, 5) is 23.5. The Labute approximate surface area is 89.2 Å². The van der Waals surface area contributed by atoms with Crippen LogP contribution in [0.25, 0.3) is 0 Å². The molecule has 0 heterocycles. The van der Waals surface area contributed by atoms with E-state index in [9.17, 15) is 9.59 Å². The van der Waals surface area contributed by atoms with Crippen molar-refractivity contribution in [2.75, 3.05) is 13.1 Å². The van der Waals surface area contributed by atoms with E-state index in [-0.39, 0.29) is 24.4 Å². The van der Waals surface area contributed by atoms with Gasteiger partial charge in [0.15, 0.2) is 0 Å². The van der Waals surface area contributed by atoms with E-state index in [1.165, 1.54) is 4.90 Å². The van der Waals surface area contributed by atoms with Crippen LogP contribution in [0.15, 0.2) is 0 Å². The summed E-state index contributed by atoms with van der Waals surface area (Å²) in [6.45, 7) is 1.96. The van der Waals surface area contributed by atoms with Crippen molar-refractivity contribution in [3.05, 3.63) is 0 Å². The molecule has 0 bridgehead atoms. The number of rotatable bonds is 5. The Morgan fingerprint density at radius 1 is 1.47 bits per heavy atom. The fourth-order valence-corrected chi connectivity index (χ4v) is 1.76. The standard InChI is InChI=1S/C10H18N2O3/c1-2-12(7-9(14)15)8(13)6-10(11)4-3-5-10/h2-7,11H2,1H3,(H,14,15). The molecule has 1 amide bonds. The Hall–Kier alpha value is -1.10. The van der Waals surface area contributed by atoms with Gasteiger partial charge in [-0.15, -0.1) is 0 Å². The van der Waals surface area contributed by atoms with Crippen molar-refractivity contribution < 1.29 is 14.7 Å². The number of carboxylic acids is 1. The van der Waals surface area contributed by atoms with Crippen LogP contribution in [0.5, 0.6) is 0 Å². The lowest BCUT2D eigenvalue weighted by atomic mass is 9.75. The third kappa shape index (κ3) is 3.20. The summed E-state index contributed by atoms with van der Waals surface area (Å²) in [7, 11) is 0. The van der Waals surface area contributed by atoms with Crippen molar-refractivity contribution in [3.63, 3.8) is 0 Å². The quantitative estimate of drug-likeness (QED) is 0.684. The molecule has 0 unspecified atom stereocenters. The molecule has 5 nitrogen and oxygen atoms in total. The first-order chi connectivity index (χ1) is 6.97. The molecule has 3 N–H and O–H groups in total. The second-order valence-electron chi connectivity index (χ2n) is 4.19. The van der Waals surface area contributed by atoms with E-state index in [1.807, 2.05) is 0 Å².